The third-order valence-electron chi connectivity index (χ3n) is 4.09. The van der Waals surface area contributed by atoms with Crippen LogP contribution in [0.25, 0.3) is 0 Å². The zero-order valence-electron chi connectivity index (χ0n) is 14.8. The molecule has 0 aliphatic heterocycles. The lowest BCUT2D eigenvalue weighted by Gasteiger charge is -2.12. The SMILES string of the molecule is c1ccc(Sc2ccc(Cc3ccccn3)c(Sc3ccccc3)c2)cc1. The number of hydrogen-bond acceptors (Lipinski definition) is 3. The number of hydrogen-bond donors (Lipinski definition) is 0. The Hall–Kier alpha value is -2.49. The van der Waals surface area contributed by atoms with E-state index in [0.29, 0.717) is 0 Å². The minimum Gasteiger partial charge on any atom is -0.261 e. The standard InChI is InChI=1S/C24H19NS2/c1-3-10-21(11-4-1)26-23-15-14-19(17-20-9-7-8-16-25-20)24(18-23)27-22-12-5-2-6-13-22/h1-16,18H,17H2. The molecule has 1 nitrogen and oxygen atoms in total. The molecule has 27 heavy (non-hydrogen) atoms. The van der Waals surface area contributed by atoms with Gasteiger partial charge in [-0.1, -0.05) is 72.1 Å². The van der Waals surface area contributed by atoms with Gasteiger partial charge in [0.1, 0.15) is 0 Å². The highest BCUT2D eigenvalue weighted by molar-refractivity contribution is 8.00. The van der Waals surface area contributed by atoms with E-state index >= 15 is 0 Å². The van der Waals surface area contributed by atoms with Gasteiger partial charge in [0.25, 0.3) is 0 Å². The van der Waals surface area contributed by atoms with Gasteiger partial charge in [0.2, 0.25) is 0 Å². The van der Waals surface area contributed by atoms with Gasteiger partial charge in [-0.05, 0) is 54.1 Å². The van der Waals surface area contributed by atoms with Crippen LogP contribution in [0.5, 0.6) is 0 Å². The van der Waals surface area contributed by atoms with Gasteiger partial charge in [0.15, 0.2) is 0 Å². The second-order valence-electron chi connectivity index (χ2n) is 6.10. The first-order valence-electron chi connectivity index (χ1n) is 8.85. The maximum atomic E-state index is 4.50. The van der Waals surface area contributed by atoms with Crippen molar-refractivity contribution in [2.45, 2.75) is 26.0 Å². The van der Waals surface area contributed by atoms with Crippen LogP contribution < -0.4 is 0 Å². The van der Waals surface area contributed by atoms with Crippen LogP contribution in [0.4, 0.5) is 0 Å². The van der Waals surface area contributed by atoms with E-state index in [4.69, 9.17) is 0 Å². The first kappa shape index (κ1) is 17.9. The highest BCUT2D eigenvalue weighted by Crippen LogP contribution is 2.36. The molecule has 3 heteroatoms. The van der Waals surface area contributed by atoms with Crippen molar-refractivity contribution in [3.63, 3.8) is 0 Å². The Labute approximate surface area is 168 Å². The van der Waals surface area contributed by atoms with Crippen LogP contribution >= 0.6 is 23.5 Å². The summed E-state index contributed by atoms with van der Waals surface area (Å²) in [6, 6.07) is 33.9. The predicted octanol–water partition coefficient (Wildman–Crippen LogP) is 6.97. The van der Waals surface area contributed by atoms with Crippen molar-refractivity contribution in [3.8, 4) is 0 Å². The lowest BCUT2D eigenvalue weighted by atomic mass is 10.1. The van der Waals surface area contributed by atoms with Crippen LogP contribution in [0.3, 0.4) is 0 Å². The number of nitrogens with zero attached hydrogens (tertiary/aromatic N) is 1. The highest BCUT2D eigenvalue weighted by atomic mass is 32.2. The van der Waals surface area contributed by atoms with Crippen LogP contribution in [-0.2, 0) is 6.42 Å². The van der Waals surface area contributed by atoms with Crippen LogP contribution in [0.1, 0.15) is 11.3 Å². The maximum absolute atomic E-state index is 4.50. The quantitative estimate of drug-likeness (QED) is 0.355. The summed E-state index contributed by atoms with van der Waals surface area (Å²) < 4.78 is 0. The van der Waals surface area contributed by atoms with Crippen LogP contribution in [-0.4, -0.2) is 4.98 Å². The van der Waals surface area contributed by atoms with E-state index in [2.05, 4.69) is 89.9 Å². The lowest BCUT2D eigenvalue weighted by molar-refractivity contribution is 1.03. The fourth-order valence-electron chi connectivity index (χ4n) is 2.78. The van der Waals surface area contributed by atoms with Gasteiger partial charge in [-0.25, -0.2) is 0 Å². The van der Waals surface area contributed by atoms with Crippen LogP contribution in [0, 0.1) is 0 Å². The third-order valence-corrected chi connectivity index (χ3v) is 6.19. The topological polar surface area (TPSA) is 12.9 Å². The molecule has 0 saturated carbocycles. The Bertz CT molecular complexity index is 987. The summed E-state index contributed by atoms with van der Waals surface area (Å²) in [5.74, 6) is 0. The summed E-state index contributed by atoms with van der Waals surface area (Å²) >= 11 is 3.62. The second kappa shape index (κ2) is 8.94. The zero-order valence-corrected chi connectivity index (χ0v) is 16.4. The molecule has 3 aromatic carbocycles. The van der Waals surface area contributed by atoms with Crippen molar-refractivity contribution >= 4 is 23.5 Å². The van der Waals surface area contributed by atoms with Gasteiger partial charge in [-0.15, -0.1) is 0 Å². The van der Waals surface area contributed by atoms with Crippen molar-refractivity contribution in [1.29, 1.82) is 0 Å². The van der Waals surface area contributed by atoms with E-state index in [1.165, 1.54) is 25.1 Å². The molecule has 0 unspecified atom stereocenters. The molecule has 1 heterocycles. The minimum atomic E-state index is 0.840. The highest BCUT2D eigenvalue weighted by Gasteiger charge is 2.09. The summed E-state index contributed by atoms with van der Waals surface area (Å²) in [4.78, 5) is 9.54. The molecule has 0 amide bonds. The molecule has 0 radical (unpaired) electrons. The number of aromatic nitrogens is 1. The molecule has 4 rings (SSSR count). The molecule has 0 aliphatic rings. The van der Waals surface area contributed by atoms with Gasteiger partial charge in [-0.2, -0.15) is 0 Å². The Morgan fingerprint density at radius 3 is 1.93 bits per heavy atom. The lowest BCUT2D eigenvalue weighted by Crippen LogP contribution is -1.94. The molecule has 0 saturated heterocycles. The molecule has 0 atom stereocenters. The Morgan fingerprint density at radius 1 is 0.593 bits per heavy atom. The summed E-state index contributed by atoms with van der Waals surface area (Å²) in [5.41, 5.74) is 2.40. The Kier molecular flexibility index (Phi) is 5.92. The van der Waals surface area contributed by atoms with Crippen molar-refractivity contribution in [1.82, 2.24) is 4.98 Å². The molecule has 4 aromatic rings. The van der Waals surface area contributed by atoms with Crippen molar-refractivity contribution in [2.24, 2.45) is 0 Å². The summed E-state index contributed by atoms with van der Waals surface area (Å²) in [6.45, 7) is 0. The largest absolute Gasteiger partial charge is 0.261 e. The van der Waals surface area contributed by atoms with Crippen LogP contribution in [0.15, 0.2) is 123 Å². The number of benzene rings is 3. The fraction of sp³-hybridized carbons (Fsp3) is 0.0417. The van der Waals surface area contributed by atoms with Crippen LogP contribution in [0.2, 0.25) is 0 Å². The summed E-state index contributed by atoms with van der Waals surface area (Å²) in [5, 5.41) is 0. The van der Waals surface area contributed by atoms with Crippen molar-refractivity contribution in [3.05, 3.63) is 115 Å². The molecule has 0 N–H and O–H groups in total. The normalized spacial score (nSPS) is 10.7. The minimum absolute atomic E-state index is 0.840. The van der Waals surface area contributed by atoms with Gasteiger partial charge < -0.3 is 0 Å². The van der Waals surface area contributed by atoms with Crippen molar-refractivity contribution in [2.75, 3.05) is 0 Å². The Morgan fingerprint density at radius 2 is 1.26 bits per heavy atom. The molecule has 0 aliphatic carbocycles. The van der Waals surface area contributed by atoms with E-state index in [-0.39, 0.29) is 0 Å². The first-order valence-corrected chi connectivity index (χ1v) is 10.5. The van der Waals surface area contributed by atoms with E-state index in [0.717, 1.165) is 12.1 Å². The molecular formula is C24H19NS2. The average molecular weight is 386 g/mol. The molecular weight excluding hydrogens is 366 g/mol. The van der Waals surface area contributed by atoms with Gasteiger partial charge >= 0.3 is 0 Å². The van der Waals surface area contributed by atoms with E-state index in [1.807, 2.05) is 30.1 Å². The van der Waals surface area contributed by atoms with E-state index < -0.39 is 0 Å². The van der Waals surface area contributed by atoms with E-state index in [1.54, 1.807) is 11.8 Å². The number of pyridine rings is 1. The monoisotopic (exact) mass is 385 g/mol. The second-order valence-corrected chi connectivity index (χ2v) is 8.36. The zero-order chi connectivity index (χ0) is 18.3. The average Bonchev–Trinajstić information content (AvgIpc) is 2.72. The van der Waals surface area contributed by atoms with Gasteiger partial charge in [0.05, 0.1) is 0 Å². The van der Waals surface area contributed by atoms with E-state index in [9.17, 15) is 0 Å². The smallest absolute Gasteiger partial charge is 0.0447 e. The Balaban J connectivity index is 1.65. The molecule has 0 spiro atoms. The molecule has 1 aromatic heterocycles. The third kappa shape index (κ3) is 5.03. The summed E-state index contributed by atoms with van der Waals surface area (Å²) in [6.07, 6.45) is 2.70. The number of rotatable bonds is 6. The molecule has 0 fully saturated rings. The van der Waals surface area contributed by atoms with Crippen molar-refractivity contribution < 1.29 is 0 Å². The molecule has 132 valence electrons. The fourth-order valence-corrected chi connectivity index (χ4v) is 4.73. The first-order chi connectivity index (χ1) is 13.4. The summed E-state index contributed by atoms with van der Waals surface area (Å²) in [7, 11) is 0. The molecule has 0 bridgehead atoms. The predicted molar refractivity (Wildman–Crippen MR) is 115 cm³/mol. The van der Waals surface area contributed by atoms with Gasteiger partial charge in [0, 0.05) is 37.9 Å². The maximum Gasteiger partial charge on any atom is 0.0447 e. The van der Waals surface area contributed by atoms with Gasteiger partial charge in [-0.3, -0.25) is 4.98 Å².